The van der Waals surface area contributed by atoms with E-state index in [1.54, 1.807) is 6.92 Å². The Balaban J connectivity index is 2.04. The quantitative estimate of drug-likeness (QED) is 0.786. The molecular weight excluding hydrogens is 280 g/mol. The maximum absolute atomic E-state index is 12.4. The van der Waals surface area contributed by atoms with Crippen molar-refractivity contribution in [2.45, 2.75) is 90.4 Å². The van der Waals surface area contributed by atoms with Gasteiger partial charge in [0, 0.05) is 0 Å². The van der Waals surface area contributed by atoms with Gasteiger partial charge in [0.2, 0.25) is 0 Å². The molecule has 0 aromatic carbocycles. The third kappa shape index (κ3) is 3.33. The molecule has 4 heteroatoms. The molecule has 2 aliphatic carbocycles. The molecule has 2 fully saturated rings. The fourth-order valence-electron chi connectivity index (χ4n) is 3.93. The van der Waals surface area contributed by atoms with Crippen LogP contribution in [0.3, 0.4) is 0 Å². The predicted molar refractivity (Wildman–Crippen MR) is 85.3 cm³/mol. The molecule has 0 spiro atoms. The van der Waals surface area contributed by atoms with Gasteiger partial charge < -0.3 is 14.9 Å². The van der Waals surface area contributed by atoms with Gasteiger partial charge in [-0.25, -0.2) is 0 Å². The molecule has 0 aliphatic heterocycles. The number of rotatable bonds is 3. The normalized spacial score (nSPS) is 42.6. The highest BCUT2D eigenvalue weighted by atomic mass is 16.6. The lowest BCUT2D eigenvalue weighted by atomic mass is 9.61. The Labute approximate surface area is 134 Å². The fraction of sp³-hybridized carbons (Fsp3) is 0.944. The average molecular weight is 312 g/mol. The minimum absolute atomic E-state index is 0.120. The van der Waals surface area contributed by atoms with Crippen molar-refractivity contribution in [2.24, 2.45) is 17.3 Å². The van der Waals surface area contributed by atoms with Gasteiger partial charge in [0.15, 0.2) is 0 Å². The number of hydrogen-bond donors (Lipinski definition) is 2. The van der Waals surface area contributed by atoms with Crippen LogP contribution < -0.4 is 0 Å². The minimum atomic E-state index is -0.976. The first-order valence-corrected chi connectivity index (χ1v) is 8.65. The summed E-state index contributed by atoms with van der Waals surface area (Å²) in [5, 5.41) is 20.7. The second kappa shape index (κ2) is 5.79. The fourth-order valence-corrected chi connectivity index (χ4v) is 3.93. The Kier molecular flexibility index (Phi) is 4.67. The van der Waals surface area contributed by atoms with Gasteiger partial charge in [-0.1, -0.05) is 6.92 Å². The molecule has 128 valence electrons. The molecular formula is C18H32O4. The van der Waals surface area contributed by atoms with Gasteiger partial charge in [-0.05, 0) is 78.1 Å². The van der Waals surface area contributed by atoms with Gasteiger partial charge in [0.1, 0.15) is 5.60 Å². The zero-order chi connectivity index (χ0) is 16.8. The van der Waals surface area contributed by atoms with Crippen LogP contribution >= 0.6 is 0 Å². The highest BCUT2D eigenvalue weighted by Crippen LogP contribution is 2.48. The van der Waals surface area contributed by atoms with Crippen LogP contribution in [0.1, 0.15) is 73.1 Å². The molecule has 0 unspecified atom stereocenters. The summed E-state index contributed by atoms with van der Waals surface area (Å²) in [5.41, 5.74) is -1.86. The molecule has 0 radical (unpaired) electrons. The summed E-state index contributed by atoms with van der Waals surface area (Å²) in [5.74, 6) is 0.320. The van der Waals surface area contributed by atoms with Crippen molar-refractivity contribution >= 4 is 5.97 Å². The molecule has 0 aromatic rings. The van der Waals surface area contributed by atoms with E-state index in [4.69, 9.17) is 4.74 Å². The van der Waals surface area contributed by atoms with Crippen LogP contribution in [0.5, 0.6) is 0 Å². The van der Waals surface area contributed by atoms with Crippen molar-refractivity contribution in [1.82, 2.24) is 0 Å². The number of aliphatic hydroxyl groups is 2. The highest BCUT2D eigenvalue weighted by molar-refractivity contribution is 5.76. The highest BCUT2D eigenvalue weighted by Gasteiger charge is 2.50. The molecule has 0 aromatic heterocycles. The van der Waals surface area contributed by atoms with Crippen molar-refractivity contribution in [3.8, 4) is 0 Å². The Hall–Kier alpha value is -0.610. The van der Waals surface area contributed by atoms with Gasteiger partial charge in [-0.3, -0.25) is 4.79 Å². The molecule has 0 heterocycles. The molecule has 0 saturated heterocycles. The number of hydrogen-bond acceptors (Lipinski definition) is 4. The van der Waals surface area contributed by atoms with Crippen LogP contribution in [0, 0.1) is 17.3 Å². The van der Waals surface area contributed by atoms with Crippen molar-refractivity contribution in [1.29, 1.82) is 0 Å². The number of ether oxygens (including phenoxy) is 1. The zero-order valence-corrected chi connectivity index (χ0v) is 14.7. The third-order valence-electron chi connectivity index (χ3n) is 6.15. The first-order chi connectivity index (χ1) is 10.0. The van der Waals surface area contributed by atoms with E-state index < -0.39 is 22.7 Å². The second-order valence-electron chi connectivity index (χ2n) is 8.58. The van der Waals surface area contributed by atoms with E-state index in [9.17, 15) is 15.0 Å². The molecule has 4 nitrogen and oxygen atoms in total. The molecule has 0 amide bonds. The molecule has 2 saturated carbocycles. The summed E-state index contributed by atoms with van der Waals surface area (Å²) in [6.07, 6.45) is 3.94. The molecule has 2 N–H and O–H groups in total. The SMILES string of the molecule is CCC(C)(C)C(=O)O[C@]1(C)CC[C@@H]2[C@@H](CC[C@@](C)(O)[C@H]2O)C1. The van der Waals surface area contributed by atoms with E-state index >= 15 is 0 Å². The van der Waals surface area contributed by atoms with Gasteiger partial charge in [0.05, 0.1) is 17.1 Å². The second-order valence-corrected chi connectivity index (χ2v) is 8.58. The van der Waals surface area contributed by atoms with Gasteiger partial charge in [-0.15, -0.1) is 0 Å². The van der Waals surface area contributed by atoms with Crippen LogP contribution in [0.15, 0.2) is 0 Å². The average Bonchev–Trinajstić information content (AvgIpc) is 2.43. The minimum Gasteiger partial charge on any atom is -0.459 e. The Morgan fingerprint density at radius 1 is 1.27 bits per heavy atom. The van der Waals surface area contributed by atoms with Crippen molar-refractivity contribution in [3.63, 3.8) is 0 Å². The number of esters is 1. The van der Waals surface area contributed by atoms with Crippen LogP contribution in [-0.4, -0.2) is 33.5 Å². The first-order valence-electron chi connectivity index (χ1n) is 8.65. The lowest BCUT2D eigenvalue weighted by Crippen LogP contribution is -2.55. The topological polar surface area (TPSA) is 66.8 Å². The summed E-state index contributed by atoms with van der Waals surface area (Å²) >= 11 is 0. The number of carbonyl (C=O) groups excluding carboxylic acids is 1. The molecule has 2 aliphatic rings. The summed E-state index contributed by atoms with van der Waals surface area (Å²) in [7, 11) is 0. The van der Waals surface area contributed by atoms with Crippen molar-refractivity contribution in [3.05, 3.63) is 0 Å². The smallest absolute Gasteiger partial charge is 0.312 e. The molecule has 5 atom stereocenters. The van der Waals surface area contributed by atoms with Crippen LogP contribution in [0.4, 0.5) is 0 Å². The van der Waals surface area contributed by atoms with E-state index in [1.165, 1.54) is 0 Å². The standard InChI is InChI=1S/C18H32O4/c1-6-16(2,3)15(20)22-17(4)9-8-13-12(11-17)7-10-18(5,21)14(13)19/h12-14,19,21H,6-11H2,1-5H3/t12-,13+,14-,17+,18+/m0/s1. The van der Waals surface area contributed by atoms with Crippen LogP contribution in [0.25, 0.3) is 0 Å². The third-order valence-corrected chi connectivity index (χ3v) is 6.15. The van der Waals surface area contributed by atoms with Crippen LogP contribution in [-0.2, 0) is 9.53 Å². The van der Waals surface area contributed by atoms with E-state index in [0.717, 1.165) is 32.1 Å². The number of fused-ring (bicyclic) bond motifs is 1. The van der Waals surface area contributed by atoms with E-state index in [2.05, 4.69) is 0 Å². The predicted octanol–water partition coefficient (Wildman–Crippen LogP) is 3.05. The first kappa shape index (κ1) is 17.7. The molecule has 22 heavy (non-hydrogen) atoms. The van der Waals surface area contributed by atoms with E-state index in [0.29, 0.717) is 12.3 Å². The number of carbonyl (C=O) groups is 1. The lowest BCUT2D eigenvalue weighted by molar-refractivity contribution is -0.188. The Morgan fingerprint density at radius 3 is 2.50 bits per heavy atom. The summed E-state index contributed by atoms with van der Waals surface area (Å²) in [6.45, 7) is 9.59. The van der Waals surface area contributed by atoms with Crippen LogP contribution in [0.2, 0.25) is 0 Å². The van der Waals surface area contributed by atoms with Crippen molar-refractivity contribution in [2.75, 3.05) is 0 Å². The Morgan fingerprint density at radius 2 is 1.91 bits per heavy atom. The summed E-state index contributed by atoms with van der Waals surface area (Å²) in [6, 6.07) is 0. The van der Waals surface area contributed by atoms with E-state index in [1.807, 2.05) is 27.7 Å². The largest absolute Gasteiger partial charge is 0.459 e. The summed E-state index contributed by atoms with van der Waals surface area (Å²) in [4.78, 5) is 12.4. The van der Waals surface area contributed by atoms with Gasteiger partial charge in [0.25, 0.3) is 0 Å². The summed E-state index contributed by atoms with van der Waals surface area (Å²) < 4.78 is 5.89. The van der Waals surface area contributed by atoms with Gasteiger partial charge in [-0.2, -0.15) is 0 Å². The van der Waals surface area contributed by atoms with Gasteiger partial charge >= 0.3 is 5.97 Å². The molecule has 2 rings (SSSR count). The lowest BCUT2D eigenvalue weighted by Gasteiger charge is -2.50. The maximum Gasteiger partial charge on any atom is 0.312 e. The van der Waals surface area contributed by atoms with Crippen molar-refractivity contribution < 1.29 is 19.7 Å². The number of aliphatic hydroxyl groups excluding tert-OH is 1. The Bertz CT molecular complexity index is 429. The monoisotopic (exact) mass is 312 g/mol. The zero-order valence-electron chi connectivity index (χ0n) is 14.7. The maximum atomic E-state index is 12.4. The molecule has 0 bridgehead atoms. The van der Waals surface area contributed by atoms with E-state index in [-0.39, 0.29) is 11.9 Å².